The lowest BCUT2D eigenvalue weighted by molar-refractivity contribution is -0.140. The molecule has 0 bridgehead atoms. The molecule has 7 heteroatoms. The number of carboxylic acid groups (broad SMARTS) is 1. The molecule has 0 aliphatic carbocycles. The first-order valence-corrected chi connectivity index (χ1v) is 8.00. The van der Waals surface area contributed by atoms with Crippen LogP contribution in [0.3, 0.4) is 0 Å². The fourth-order valence-corrected chi connectivity index (χ4v) is 3.67. The molecule has 0 saturated heterocycles. The fraction of sp³-hybridized carbons (Fsp3) is 0.833. The van der Waals surface area contributed by atoms with Crippen molar-refractivity contribution < 1.29 is 23.1 Å². The molecule has 0 aromatic carbocycles. The molecular formula is C12H23NO5S. The molecular weight excluding hydrogens is 270 g/mol. The van der Waals surface area contributed by atoms with Crippen molar-refractivity contribution in [2.24, 2.45) is 5.92 Å². The van der Waals surface area contributed by atoms with E-state index in [4.69, 9.17) is 0 Å². The number of aliphatic carboxylic acids is 1. The zero-order valence-corrected chi connectivity index (χ0v) is 12.7. The van der Waals surface area contributed by atoms with Gasteiger partial charge in [0.2, 0.25) is 5.91 Å². The third-order valence-electron chi connectivity index (χ3n) is 3.16. The molecule has 0 spiro atoms. The van der Waals surface area contributed by atoms with Gasteiger partial charge in [-0.15, -0.1) is 0 Å². The van der Waals surface area contributed by atoms with E-state index >= 15 is 0 Å². The molecule has 0 saturated carbocycles. The van der Waals surface area contributed by atoms with Crippen LogP contribution < -0.4 is 5.32 Å². The summed E-state index contributed by atoms with van der Waals surface area (Å²) in [7, 11) is -4.04. The summed E-state index contributed by atoms with van der Waals surface area (Å²) in [6.07, 6.45) is -0.114. The van der Waals surface area contributed by atoms with Crippen LogP contribution in [0.25, 0.3) is 0 Å². The molecule has 0 atom stereocenters. The van der Waals surface area contributed by atoms with Crippen molar-refractivity contribution in [1.29, 1.82) is 0 Å². The summed E-state index contributed by atoms with van der Waals surface area (Å²) in [5.41, 5.74) is 0. The molecule has 0 aromatic rings. The quantitative estimate of drug-likeness (QED) is 0.690. The minimum absolute atomic E-state index is 0.0569. The summed E-state index contributed by atoms with van der Waals surface area (Å²) in [4.78, 5) is 22.8. The summed E-state index contributed by atoms with van der Waals surface area (Å²) in [6, 6.07) is 0. The van der Waals surface area contributed by atoms with Crippen molar-refractivity contribution in [3.8, 4) is 0 Å². The van der Waals surface area contributed by atoms with Crippen LogP contribution in [0.5, 0.6) is 0 Å². The zero-order valence-electron chi connectivity index (χ0n) is 11.9. The van der Waals surface area contributed by atoms with Gasteiger partial charge in [-0.1, -0.05) is 27.7 Å². The summed E-state index contributed by atoms with van der Waals surface area (Å²) in [6.45, 7) is 7.14. The lowest BCUT2D eigenvalue weighted by Gasteiger charge is -2.26. The molecule has 112 valence electrons. The molecule has 0 aliphatic rings. The third-order valence-corrected chi connectivity index (χ3v) is 5.74. The van der Waals surface area contributed by atoms with Gasteiger partial charge in [-0.05, 0) is 18.8 Å². The molecule has 0 rings (SSSR count). The van der Waals surface area contributed by atoms with Crippen LogP contribution in [0.15, 0.2) is 0 Å². The van der Waals surface area contributed by atoms with Crippen LogP contribution in [0, 0.1) is 5.92 Å². The molecule has 0 heterocycles. The lowest BCUT2D eigenvalue weighted by atomic mass is 10.0. The van der Waals surface area contributed by atoms with Crippen LogP contribution in [0.4, 0.5) is 0 Å². The molecule has 0 fully saturated rings. The van der Waals surface area contributed by atoms with Crippen molar-refractivity contribution in [3.63, 3.8) is 0 Å². The van der Waals surface area contributed by atoms with Gasteiger partial charge in [0, 0.05) is 6.54 Å². The van der Waals surface area contributed by atoms with E-state index in [1.807, 2.05) is 13.8 Å². The van der Waals surface area contributed by atoms with Crippen molar-refractivity contribution >= 4 is 21.7 Å². The molecule has 1 amide bonds. The van der Waals surface area contributed by atoms with E-state index in [2.05, 4.69) is 5.32 Å². The standard InChI is InChI=1S/C12H23NO5S/c1-5-12(6-2,11(15)16)19(17,18)8-10(14)13-7-9(3)4/h9H,5-8H2,1-4H3,(H,13,14)(H,15,16). The Hall–Kier alpha value is -1.11. The Labute approximate surface area is 114 Å². The number of carbonyl (C=O) groups is 2. The number of rotatable bonds is 8. The van der Waals surface area contributed by atoms with Gasteiger partial charge in [0.15, 0.2) is 14.6 Å². The molecule has 2 N–H and O–H groups in total. The number of amides is 1. The monoisotopic (exact) mass is 293 g/mol. The average molecular weight is 293 g/mol. The Kier molecular flexibility index (Phi) is 6.48. The summed E-state index contributed by atoms with van der Waals surface area (Å²) >= 11 is 0. The van der Waals surface area contributed by atoms with Gasteiger partial charge in [-0.25, -0.2) is 8.42 Å². The Bertz CT molecular complexity index is 423. The fourth-order valence-electron chi connectivity index (χ4n) is 1.81. The second-order valence-corrected chi connectivity index (χ2v) is 7.26. The van der Waals surface area contributed by atoms with Crippen LogP contribution >= 0.6 is 0 Å². The SMILES string of the molecule is CCC(CC)(C(=O)O)S(=O)(=O)CC(=O)NCC(C)C. The number of carboxylic acids is 1. The highest BCUT2D eigenvalue weighted by Crippen LogP contribution is 2.27. The van der Waals surface area contributed by atoms with E-state index in [9.17, 15) is 23.1 Å². The van der Waals surface area contributed by atoms with Gasteiger partial charge in [0.05, 0.1) is 0 Å². The predicted molar refractivity (Wildman–Crippen MR) is 72.6 cm³/mol. The van der Waals surface area contributed by atoms with E-state index in [1.54, 1.807) is 0 Å². The van der Waals surface area contributed by atoms with Crippen LogP contribution in [0.1, 0.15) is 40.5 Å². The maximum absolute atomic E-state index is 12.2. The van der Waals surface area contributed by atoms with Crippen LogP contribution in [-0.4, -0.2) is 42.4 Å². The summed E-state index contributed by atoms with van der Waals surface area (Å²) in [5.74, 6) is -2.63. The predicted octanol–water partition coefficient (Wildman–Crippen LogP) is 0.817. The van der Waals surface area contributed by atoms with E-state index in [1.165, 1.54) is 13.8 Å². The molecule has 0 radical (unpaired) electrons. The number of carbonyl (C=O) groups excluding carboxylic acids is 1. The Morgan fingerprint density at radius 2 is 1.68 bits per heavy atom. The van der Waals surface area contributed by atoms with Gasteiger partial charge < -0.3 is 10.4 Å². The molecule has 0 aromatic heterocycles. The number of hydrogen-bond donors (Lipinski definition) is 2. The lowest BCUT2D eigenvalue weighted by Crippen LogP contribution is -2.49. The van der Waals surface area contributed by atoms with Gasteiger partial charge in [0.25, 0.3) is 0 Å². The number of nitrogens with one attached hydrogen (secondary N) is 1. The summed E-state index contributed by atoms with van der Waals surface area (Å²) < 4.78 is 22.5. The average Bonchev–Trinajstić information content (AvgIpc) is 2.27. The van der Waals surface area contributed by atoms with E-state index in [-0.39, 0.29) is 18.8 Å². The van der Waals surface area contributed by atoms with Gasteiger partial charge >= 0.3 is 5.97 Å². The van der Waals surface area contributed by atoms with Crippen molar-refractivity contribution in [2.45, 2.75) is 45.3 Å². The number of hydrogen-bond acceptors (Lipinski definition) is 4. The number of sulfone groups is 1. The Balaban J connectivity index is 5.05. The highest BCUT2D eigenvalue weighted by molar-refractivity contribution is 7.94. The van der Waals surface area contributed by atoms with Crippen LogP contribution in [0.2, 0.25) is 0 Å². The topological polar surface area (TPSA) is 101 Å². The minimum atomic E-state index is -4.04. The first kappa shape index (κ1) is 17.9. The first-order chi connectivity index (χ1) is 8.63. The maximum Gasteiger partial charge on any atom is 0.325 e. The highest BCUT2D eigenvalue weighted by Gasteiger charge is 2.48. The van der Waals surface area contributed by atoms with Gasteiger partial charge in [0.1, 0.15) is 5.75 Å². The Morgan fingerprint density at radius 3 is 2.00 bits per heavy atom. The van der Waals surface area contributed by atoms with Crippen LogP contribution in [-0.2, 0) is 19.4 Å². The normalized spacial score (nSPS) is 12.5. The molecule has 19 heavy (non-hydrogen) atoms. The smallest absolute Gasteiger partial charge is 0.325 e. The van der Waals surface area contributed by atoms with Gasteiger partial charge in [-0.2, -0.15) is 0 Å². The van der Waals surface area contributed by atoms with E-state index in [0.29, 0.717) is 6.54 Å². The zero-order chi connectivity index (χ0) is 15.3. The maximum atomic E-state index is 12.2. The largest absolute Gasteiger partial charge is 0.480 e. The van der Waals surface area contributed by atoms with Gasteiger partial charge in [-0.3, -0.25) is 9.59 Å². The third kappa shape index (κ3) is 4.19. The van der Waals surface area contributed by atoms with Crippen molar-refractivity contribution in [3.05, 3.63) is 0 Å². The second-order valence-electron chi connectivity index (χ2n) is 4.96. The molecule has 6 nitrogen and oxygen atoms in total. The first-order valence-electron chi connectivity index (χ1n) is 6.35. The second kappa shape index (κ2) is 6.88. The van der Waals surface area contributed by atoms with E-state index < -0.39 is 32.2 Å². The van der Waals surface area contributed by atoms with Crippen molar-refractivity contribution in [1.82, 2.24) is 5.32 Å². The van der Waals surface area contributed by atoms with Crippen molar-refractivity contribution in [2.75, 3.05) is 12.3 Å². The van der Waals surface area contributed by atoms with E-state index in [0.717, 1.165) is 0 Å². The highest BCUT2D eigenvalue weighted by atomic mass is 32.2. The minimum Gasteiger partial charge on any atom is -0.480 e. The molecule has 0 aliphatic heterocycles. The molecule has 0 unspecified atom stereocenters. The summed E-state index contributed by atoms with van der Waals surface area (Å²) in [5, 5.41) is 11.7. The Morgan fingerprint density at radius 1 is 1.21 bits per heavy atom.